The van der Waals surface area contributed by atoms with Crippen LogP contribution in [0.4, 0.5) is 10.7 Å². The van der Waals surface area contributed by atoms with Crippen molar-refractivity contribution >= 4 is 33.6 Å². The number of amidine groups is 1. The summed E-state index contributed by atoms with van der Waals surface area (Å²) in [6.45, 7) is 6.56. The summed E-state index contributed by atoms with van der Waals surface area (Å²) in [7, 11) is 0. The molecule has 0 unspecified atom stereocenters. The standard InChI is InChI=1S/C19H20N2O3S/c1-18(2,3)24-13-6-4-12(5-7-13)21-10-9-19(23)15(22)14-8-11-25-16(14)20-17(19)21/h4-8,11,23H,9-10H2,1-3H3/t19-/m1/s1. The third-order valence-corrected chi connectivity index (χ3v) is 5.17. The number of benzene rings is 1. The fraction of sp³-hybridized carbons (Fsp3) is 0.368. The molecule has 0 saturated carbocycles. The molecule has 0 radical (unpaired) electrons. The summed E-state index contributed by atoms with van der Waals surface area (Å²) in [6.07, 6.45) is 0.347. The molecule has 2 aromatic rings. The van der Waals surface area contributed by atoms with Gasteiger partial charge in [0.1, 0.15) is 16.4 Å². The lowest BCUT2D eigenvalue weighted by Gasteiger charge is -2.28. The van der Waals surface area contributed by atoms with Gasteiger partial charge in [0, 0.05) is 18.7 Å². The van der Waals surface area contributed by atoms with E-state index < -0.39 is 5.60 Å². The van der Waals surface area contributed by atoms with Gasteiger partial charge in [0.15, 0.2) is 11.4 Å². The van der Waals surface area contributed by atoms with E-state index in [1.807, 2.05) is 55.3 Å². The highest BCUT2D eigenvalue weighted by Gasteiger charge is 2.52. The summed E-state index contributed by atoms with van der Waals surface area (Å²) in [5, 5.41) is 13.4. The van der Waals surface area contributed by atoms with Crippen LogP contribution in [-0.2, 0) is 0 Å². The van der Waals surface area contributed by atoms with Crippen LogP contribution in [0.25, 0.3) is 0 Å². The number of hydrogen-bond acceptors (Lipinski definition) is 6. The summed E-state index contributed by atoms with van der Waals surface area (Å²) in [5.74, 6) is 0.966. The number of fused-ring (bicyclic) bond motifs is 2. The molecule has 1 atom stereocenters. The molecule has 1 aromatic carbocycles. The SMILES string of the molecule is CC(C)(C)Oc1ccc(N2CC[C@@]3(O)C(=O)c4ccsc4N=C23)cc1. The highest BCUT2D eigenvalue weighted by Crippen LogP contribution is 2.41. The average Bonchev–Trinajstić information content (AvgIpc) is 3.13. The number of ether oxygens (including phenoxy) is 1. The molecule has 3 heterocycles. The van der Waals surface area contributed by atoms with E-state index in [2.05, 4.69) is 4.99 Å². The van der Waals surface area contributed by atoms with E-state index in [1.165, 1.54) is 11.3 Å². The smallest absolute Gasteiger partial charge is 0.205 e. The highest BCUT2D eigenvalue weighted by molar-refractivity contribution is 7.14. The van der Waals surface area contributed by atoms with E-state index in [1.54, 1.807) is 6.07 Å². The van der Waals surface area contributed by atoms with Gasteiger partial charge in [-0.3, -0.25) is 4.79 Å². The normalized spacial score (nSPS) is 22.5. The minimum absolute atomic E-state index is 0.246. The first-order chi connectivity index (χ1) is 11.8. The van der Waals surface area contributed by atoms with Crippen LogP contribution in [0.15, 0.2) is 40.7 Å². The number of carbonyl (C=O) groups is 1. The summed E-state index contributed by atoms with van der Waals surface area (Å²) in [6, 6.07) is 9.41. The topological polar surface area (TPSA) is 62.1 Å². The Morgan fingerprint density at radius 3 is 2.64 bits per heavy atom. The van der Waals surface area contributed by atoms with Crippen LogP contribution < -0.4 is 9.64 Å². The summed E-state index contributed by atoms with van der Waals surface area (Å²) in [4.78, 5) is 19.2. The third-order valence-electron chi connectivity index (χ3n) is 4.37. The van der Waals surface area contributed by atoms with Crippen molar-refractivity contribution in [1.29, 1.82) is 0 Å². The Hall–Kier alpha value is -2.18. The zero-order chi connectivity index (χ0) is 17.8. The largest absolute Gasteiger partial charge is 0.488 e. The number of ketones is 1. The van der Waals surface area contributed by atoms with E-state index in [0.717, 1.165) is 11.4 Å². The Kier molecular flexibility index (Phi) is 3.53. The van der Waals surface area contributed by atoms with Gasteiger partial charge in [0.25, 0.3) is 0 Å². The van der Waals surface area contributed by atoms with Gasteiger partial charge in [-0.15, -0.1) is 11.3 Å². The van der Waals surface area contributed by atoms with Crippen LogP contribution in [0, 0.1) is 0 Å². The summed E-state index contributed by atoms with van der Waals surface area (Å²) < 4.78 is 5.85. The molecule has 1 aromatic heterocycles. The van der Waals surface area contributed by atoms with E-state index in [-0.39, 0.29) is 11.4 Å². The number of carbonyl (C=O) groups excluding carboxylic acids is 1. The van der Waals surface area contributed by atoms with Gasteiger partial charge < -0.3 is 14.7 Å². The molecule has 0 amide bonds. The van der Waals surface area contributed by atoms with E-state index in [4.69, 9.17) is 4.74 Å². The van der Waals surface area contributed by atoms with Gasteiger partial charge >= 0.3 is 0 Å². The second kappa shape index (κ2) is 5.41. The molecule has 130 valence electrons. The lowest BCUT2D eigenvalue weighted by Crippen LogP contribution is -2.48. The number of aliphatic imine (C=N–C) groups is 1. The first kappa shape index (κ1) is 16.3. The number of rotatable bonds is 2. The molecular weight excluding hydrogens is 336 g/mol. The Labute approximate surface area is 150 Å². The Bertz CT molecular complexity index is 864. The monoisotopic (exact) mass is 356 g/mol. The molecule has 1 N–H and O–H groups in total. The molecule has 1 saturated heterocycles. The van der Waals surface area contributed by atoms with E-state index in [9.17, 15) is 9.90 Å². The lowest BCUT2D eigenvalue weighted by molar-refractivity contribution is 0.0603. The van der Waals surface area contributed by atoms with Gasteiger partial charge in [-0.2, -0.15) is 0 Å². The van der Waals surface area contributed by atoms with Crippen LogP contribution in [-0.4, -0.2) is 34.5 Å². The Morgan fingerprint density at radius 2 is 1.96 bits per heavy atom. The Morgan fingerprint density at radius 1 is 1.24 bits per heavy atom. The molecular formula is C19H20N2O3S. The average molecular weight is 356 g/mol. The van der Waals surface area contributed by atoms with Crippen molar-refractivity contribution in [3.63, 3.8) is 0 Å². The summed E-state index contributed by atoms with van der Waals surface area (Å²) >= 11 is 1.42. The second-order valence-corrected chi connectivity index (χ2v) is 8.27. The molecule has 25 heavy (non-hydrogen) atoms. The fourth-order valence-electron chi connectivity index (χ4n) is 3.26. The molecule has 4 rings (SSSR count). The first-order valence-electron chi connectivity index (χ1n) is 8.28. The van der Waals surface area contributed by atoms with E-state index >= 15 is 0 Å². The van der Waals surface area contributed by atoms with Crippen molar-refractivity contribution in [3.05, 3.63) is 41.3 Å². The number of nitrogens with zero attached hydrogens (tertiary/aromatic N) is 2. The number of thiophene rings is 1. The fourth-order valence-corrected chi connectivity index (χ4v) is 4.02. The van der Waals surface area contributed by atoms with Crippen LogP contribution in [0.2, 0.25) is 0 Å². The molecule has 0 bridgehead atoms. The van der Waals surface area contributed by atoms with Gasteiger partial charge in [-0.05, 0) is 56.5 Å². The molecule has 5 nitrogen and oxygen atoms in total. The highest BCUT2D eigenvalue weighted by atomic mass is 32.1. The van der Waals surface area contributed by atoms with Crippen LogP contribution in [0.5, 0.6) is 5.75 Å². The van der Waals surface area contributed by atoms with Crippen molar-refractivity contribution in [1.82, 2.24) is 0 Å². The summed E-state index contributed by atoms with van der Waals surface area (Å²) in [5.41, 5.74) is -0.366. The minimum Gasteiger partial charge on any atom is -0.488 e. The quantitative estimate of drug-likeness (QED) is 0.889. The van der Waals surface area contributed by atoms with Crippen molar-refractivity contribution in [2.45, 2.75) is 38.4 Å². The molecule has 2 aliphatic rings. The predicted octanol–water partition coefficient (Wildman–Crippen LogP) is 3.79. The molecule has 1 fully saturated rings. The van der Waals surface area contributed by atoms with Gasteiger partial charge in [-0.25, -0.2) is 4.99 Å². The maximum Gasteiger partial charge on any atom is 0.205 e. The van der Waals surface area contributed by atoms with Crippen LogP contribution in [0.3, 0.4) is 0 Å². The molecule has 0 aliphatic carbocycles. The zero-order valence-corrected chi connectivity index (χ0v) is 15.3. The Balaban J connectivity index is 1.68. The number of Topliss-reactive ketones (excluding diaryl/α,β-unsaturated/α-hetero) is 1. The van der Waals surface area contributed by atoms with Gasteiger partial charge in [0.2, 0.25) is 5.78 Å². The molecule has 0 spiro atoms. The van der Waals surface area contributed by atoms with Crippen LogP contribution >= 0.6 is 11.3 Å². The van der Waals surface area contributed by atoms with Crippen molar-refractivity contribution < 1.29 is 14.6 Å². The number of hydrogen-bond donors (Lipinski definition) is 1. The minimum atomic E-state index is -1.52. The van der Waals surface area contributed by atoms with Crippen LogP contribution in [0.1, 0.15) is 37.6 Å². The van der Waals surface area contributed by atoms with Crippen molar-refractivity contribution in [2.75, 3.05) is 11.4 Å². The predicted molar refractivity (Wildman–Crippen MR) is 99.5 cm³/mol. The maximum absolute atomic E-state index is 12.7. The molecule has 6 heteroatoms. The zero-order valence-electron chi connectivity index (χ0n) is 14.4. The first-order valence-corrected chi connectivity index (χ1v) is 9.16. The maximum atomic E-state index is 12.7. The van der Waals surface area contributed by atoms with Crippen molar-refractivity contribution in [3.8, 4) is 5.75 Å². The molecule has 2 aliphatic heterocycles. The third kappa shape index (κ3) is 2.65. The lowest BCUT2D eigenvalue weighted by atomic mass is 9.90. The van der Waals surface area contributed by atoms with Crippen molar-refractivity contribution in [2.24, 2.45) is 4.99 Å². The number of anilines is 1. The number of aliphatic hydroxyl groups is 1. The van der Waals surface area contributed by atoms with E-state index in [0.29, 0.717) is 29.4 Å². The van der Waals surface area contributed by atoms with Gasteiger partial charge in [-0.1, -0.05) is 0 Å². The second-order valence-electron chi connectivity index (χ2n) is 7.37. The van der Waals surface area contributed by atoms with Gasteiger partial charge in [0.05, 0.1) is 5.56 Å².